The van der Waals surface area contributed by atoms with Gasteiger partial charge in [0.1, 0.15) is 17.5 Å². The number of hydrogen-bond acceptors (Lipinski definition) is 4. The van der Waals surface area contributed by atoms with Crippen LogP contribution in [0.3, 0.4) is 0 Å². The molecular weight excluding hydrogens is 260 g/mol. The molecule has 1 heterocycles. The Balaban J connectivity index is 2.10. The molecule has 0 bridgehead atoms. The van der Waals surface area contributed by atoms with Crippen LogP contribution in [0.4, 0.5) is 11.6 Å². The van der Waals surface area contributed by atoms with E-state index < -0.39 is 0 Å². The van der Waals surface area contributed by atoms with Gasteiger partial charge in [0, 0.05) is 17.5 Å². The van der Waals surface area contributed by atoms with Gasteiger partial charge < -0.3 is 11.1 Å². The van der Waals surface area contributed by atoms with Crippen molar-refractivity contribution in [3.8, 4) is 0 Å². The highest BCUT2D eigenvalue weighted by Crippen LogP contribution is 2.21. The second kappa shape index (κ2) is 6.12. The molecule has 0 spiro atoms. The third-order valence-corrected chi connectivity index (χ3v) is 3.20. The van der Waals surface area contributed by atoms with Crippen molar-refractivity contribution in [3.05, 3.63) is 47.8 Å². The van der Waals surface area contributed by atoms with Crippen LogP contribution in [-0.4, -0.2) is 16.0 Å². The largest absolute Gasteiger partial charge is 0.384 e. The van der Waals surface area contributed by atoms with Crippen molar-refractivity contribution in [1.82, 2.24) is 9.97 Å². The molecule has 1 aromatic carbocycles. The number of nitrogen functional groups attached to an aromatic ring is 1. The minimum atomic E-state index is -0.117. The maximum atomic E-state index is 5.89. The Morgan fingerprint density at radius 3 is 2.43 bits per heavy atom. The van der Waals surface area contributed by atoms with Crippen LogP contribution in [-0.2, 0) is 11.8 Å². The van der Waals surface area contributed by atoms with Crippen LogP contribution in [0.15, 0.2) is 36.4 Å². The summed E-state index contributed by atoms with van der Waals surface area (Å²) in [6, 6.07) is 12.5. The second-order valence-corrected chi connectivity index (χ2v) is 6.49. The summed E-state index contributed by atoms with van der Waals surface area (Å²) in [5.74, 6) is 2.05. The fourth-order valence-electron chi connectivity index (χ4n) is 2.15. The Labute approximate surface area is 126 Å². The van der Waals surface area contributed by atoms with Gasteiger partial charge in [-0.1, -0.05) is 51.1 Å². The molecule has 112 valence electrons. The lowest BCUT2D eigenvalue weighted by Gasteiger charge is -2.20. The fourth-order valence-corrected chi connectivity index (χ4v) is 2.15. The second-order valence-electron chi connectivity index (χ2n) is 6.49. The van der Waals surface area contributed by atoms with Crippen LogP contribution in [0.25, 0.3) is 0 Å². The van der Waals surface area contributed by atoms with Crippen LogP contribution in [0, 0.1) is 0 Å². The van der Waals surface area contributed by atoms with Crippen molar-refractivity contribution in [2.24, 2.45) is 0 Å². The van der Waals surface area contributed by atoms with Crippen molar-refractivity contribution >= 4 is 11.6 Å². The summed E-state index contributed by atoms with van der Waals surface area (Å²) in [5, 5.41) is 3.41. The molecule has 4 heteroatoms. The number of nitrogens with one attached hydrogen (secondary N) is 1. The molecule has 1 aromatic heterocycles. The normalized spacial score (nSPS) is 13.0. The Morgan fingerprint density at radius 2 is 1.81 bits per heavy atom. The molecule has 0 radical (unpaired) electrons. The van der Waals surface area contributed by atoms with Gasteiger partial charge in [0.15, 0.2) is 0 Å². The van der Waals surface area contributed by atoms with Crippen molar-refractivity contribution in [2.45, 2.75) is 45.6 Å². The standard InChI is InChI=1S/C17H24N4/c1-12(10-13-8-6-5-7-9-13)19-15-11-14(18)20-16(21-15)17(2,3)4/h5-9,11-12H,10H2,1-4H3,(H3,18,19,20,21). The van der Waals surface area contributed by atoms with E-state index in [0.717, 1.165) is 18.1 Å². The molecule has 0 saturated carbocycles. The van der Waals surface area contributed by atoms with Gasteiger partial charge in [0.25, 0.3) is 0 Å². The van der Waals surface area contributed by atoms with Crippen molar-refractivity contribution in [1.29, 1.82) is 0 Å². The molecule has 1 atom stereocenters. The van der Waals surface area contributed by atoms with Crippen LogP contribution in [0.1, 0.15) is 39.1 Å². The molecule has 21 heavy (non-hydrogen) atoms. The van der Waals surface area contributed by atoms with E-state index in [1.807, 2.05) is 6.07 Å². The number of nitrogens with two attached hydrogens (primary N) is 1. The minimum absolute atomic E-state index is 0.117. The van der Waals surface area contributed by atoms with E-state index in [0.29, 0.717) is 5.82 Å². The summed E-state index contributed by atoms with van der Waals surface area (Å²) in [6.45, 7) is 8.39. The first-order valence-electron chi connectivity index (χ1n) is 7.30. The van der Waals surface area contributed by atoms with Gasteiger partial charge in [-0.05, 0) is 18.9 Å². The molecule has 1 unspecified atom stereocenters. The molecule has 0 fully saturated rings. The van der Waals surface area contributed by atoms with Gasteiger partial charge >= 0.3 is 0 Å². The molecule has 2 aromatic rings. The van der Waals surface area contributed by atoms with Crippen molar-refractivity contribution < 1.29 is 0 Å². The lowest BCUT2D eigenvalue weighted by Crippen LogP contribution is -2.22. The molecule has 0 saturated heterocycles. The van der Waals surface area contributed by atoms with E-state index >= 15 is 0 Å². The van der Waals surface area contributed by atoms with Crippen LogP contribution in [0.2, 0.25) is 0 Å². The van der Waals surface area contributed by atoms with Crippen molar-refractivity contribution in [2.75, 3.05) is 11.1 Å². The first-order valence-corrected chi connectivity index (χ1v) is 7.30. The maximum Gasteiger partial charge on any atom is 0.138 e. The Hall–Kier alpha value is -2.10. The topological polar surface area (TPSA) is 63.8 Å². The highest BCUT2D eigenvalue weighted by Gasteiger charge is 2.19. The summed E-state index contributed by atoms with van der Waals surface area (Å²) < 4.78 is 0. The van der Waals surface area contributed by atoms with E-state index in [1.54, 1.807) is 6.07 Å². The fraction of sp³-hybridized carbons (Fsp3) is 0.412. The predicted octanol–water partition coefficient (Wildman–Crippen LogP) is 3.40. The number of anilines is 2. The molecule has 0 aliphatic heterocycles. The number of aromatic nitrogens is 2. The summed E-state index contributed by atoms with van der Waals surface area (Å²) in [4.78, 5) is 8.91. The lowest BCUT2D eigenvalue weighted by atomic mass is 9.96. The first-order chi connectivity index (χ1) is 9.84. The van der Waals surface area contributed by atoms with Gasteiger partial charge in [-0.15, -0.1) is 0 Å². The molecule has 0 aliphatic carbocycles. The smallest absolute Gasteiger partial charge is 0.138 e. The zero-order chi connectivity index (χ0) is 15.5. The quantitative estimate of drug-likeness (QED) is 0.903. The lowest BCUT2D eigenvalue weighted by molar-refractivity contribution is 0.546. The Kier molecular flexibility index (Phi) is 4.46. The zero-order valence-electron chi connectivity index (χ0n) is 13.2. The Bertz CT molecular complexity index is 587. The minimum Gasteiger partial charge on any atom is -0.384 e. The highest BCUT2D eigenvalue weighted by molar-refractivity contribution is 5.46. The summed E-state index contributed by atoms with van der Waals surface area (Å²) in [5.41, 5.74) is 7.08. The van der Waals surface area contributed by atoms with E-state index in [1.165, 1.54) is 5.56 Å². The molecule has 3 N–H and O–H groups in total. The van der Waals surface area contributed by atoms with Crippen LogP contribution >= 0.6 is 0 Å². The molecular formula is C17H24N4. The first kappa shape index (κ1) is 15.3. The zero-order valence-corrected chi connectivity index (χ0v) is 13.2. The third-order valence-electron chi connectivity index (χ3n) is 3.20. The van der Waals surface area contributed by atoms with Gasteiger partial charge in [-0.25, -0.2) is 9.97 Å². The summed E-state index contributed by atoms with van der Waals surface area (Å²) in [6.07, 6.45) is 0.940. The highest BCUT2D eigenvalue weighted by atomic mass is 15.1. The van der Waals surface area contributed by atoms with E-state index in [-0.39, 0.29) is 11.5 Å². The van der Waals surface area contributed by atoms with Gasteiger partial charge in [-0.2, -0.15) is 0 Å². The van der Waals surface area contributed by atoms with Crippen LogP contribution in [0.5, 0.6) is 0 Å². The molecule has 4 nitrogen and oxygen atoms in total. The van der Waals surface area contributed by atoms with Gasteiger partial charge in [0.05, 0.1) is 0 Å². The number of rotatable bonds is 4. The SMILES string of the molecule is CC(Cc1ccccc1)Nc1cc(N)nc(C(C)(C)C)n1. The average molecular weight is 284 g/mol. The van der Waals surface area contributed by atoms with Crippen molar-refractivity contribution in [3.63, 3.8) is 0 Å². The number of hydrogen-bond donors (Lipinski definition) is 2. The number of benzene rings is 1. The average Bonchev–Trinajstić information content (AvgIpc) is 2.37. The van der Waals surface area contributed by atoms with Crippen LogP contribution < -0.4 is 11.1 Å². The molecule has 2 rings (SSSR count). The predicted molar refractivity (Wildman–Crippen MR) is 88.4 cm³/mol. The van der Waals surface area contributed by atoms with Gasteiger partial charge in [0.2, 0.25) is 0 Å². The monoisotopic (exact) mass is 284 g/mol. The van der Waals surface area contributed by atoms with E-state index in [4.69, 9.17) is 5.73 Å². The Morgan fingerprint density at radius 1 is 1.14 bits per heavy atom. The summed E-state index contributed by atoms with van der Waals surface area (Å²) in [7, 11) is 0. The third kappa shape index (κ3) is 4.45. The van der Waals surface area contributed by atoms with E-state index in [9.17, 15) is 0 Å². The summed E-state index contributed by atoms with van der Waals surface area (Å²) >= 11 is 0. The maximum absolute atomic E-state index is 5.89. The van der Waals surface area contributed by atoms with Gasteiger partial charge in [-0.3, -0.25) is 0 Å². The number of nitrogens with zero attached hydrogens (tertiary/aromatic N) is 2. The van der Waals surface area contributed by atoms with E-state index in [2.05, 4.69) is 67.2 Å². The molecule has 0 amide bonds. The molecule has 0 aliphatic rings.